The molecule has 3 N–H and O–H groups in total. The lowest BCUT2D eigenvalue weighted by atomic mass is 10.0. The van der Waals surface area contributed by atoms with Crippen LogP contribution in [0.4, 0.5) is 0 Å². The molecule has 0 saturated carbocycles. The van der Waals surface area contributed by atoms with Crippen LogP contribution < -0.4 is 5.32 Å². The molecule has 0 spiro atoms. The molecule has 63 heavy (non-hydrogen) atoms. The van der Waals surface area contributed by atoms with E-state index in [9.17, 15) is 19.4 Å². The summed E-state index contributed by atoms with van der Waals surface area (Å²) >= 11 is 0. The van der Waals surface area contributed by atoms with Crippen LogP contribution in [-0.2, 0) is 18.4 Å². The maximum absolute atomic E-state index is 13.0. The van der Waals surface area contributed by atoms with Gasteiger partial charge in [0.1, 0.15) is 13.2 Å². The van der Waals surface area contributed by atoms with Crippen LogP contribution in [0, 0.1) is 0 Å². The monoisotopic (exact) mass is 908 g/mol. The van der Waals surface area contributed by atoms with E-state index in [1.165, 1.54) is 148 Å². The number of unbranched alkanes of at least 4 members (excludes halogenated alkanes) is 27. The largest absolute Gasteiger partial charge is 0.472 e. The van der Waals surface area contributed by atoms with Gasteiger partial charge in [-0.25, -0.2) is 4.57 Å². The highest BCUT2D eigenvalue weighted by Crippen LogP contribution is 2.43. The molecule has 1 amide bonds. The van der Waals surface area contributed by atoms with Gasteiger partial charge >= 0.3 is 7.82 Å². The Bertz CT molecular complexity index is 1170. The number of rotatable bonds is 48. The molecule has 0 rings (SSSR count). The first-order valence-corrected chi connectivity index (χ1v) is 28.0. The van der Waals surface area contributed by atoms with E-state index >= 15 is 0 Å². The Hall–Kier alpha value is -1.54. The number of hydrogen-bond acceptors (Lipinski definition) is 5. The predicted octanol–water partition coefficient (Wildman–Crippen LogP) is 15.6. The number of aliphatic hydroxyl groups is 1. The minimum atomic E-state index is -4.32. The van der Waals surface area contributed by atoms with Crippen LogP contribution in [0.15, 0.2) is 48.6 Å². The molecule has 0 aromatic heterocycles. The molecule has 0 aromatic rings. The van der Waals surface area contributed by atoms with Gasteiger partial charge in [0.15, 0.2) is 0 Å². The molecule has 3 atom stereocenters. The molecule has 0 saturated heterocycles. The van der Waals surface area contributed by atoms with Gasteiger partial charge in [0, 0.05) is 6.42 Å². The van der Waals surface area contributed by atoms with E-state index in [1.54, 1.807) is 0 Å². The summed E-state index contributed by atoms with van der Waals surface area (Å²) in [5.41, 5.74) is 0. The van der Waals surface area contributed by atoms with E-state index in [0.717, 1.165) is 64.2 Å². The molecule has 0 aliphatic carbocycles. The SMILES string of the molecule is CC/C=C\C/C=C\C/C=C\C/C=C\CCCCCCCCCCCCCCCCC(=O)NC(COP(=O)(O)OCC[N+](C)(C)C)C(O)CCCCCCCCCCCCCCCC. The number of carbonyl (C=O) groups is 1. The smallest absolute Gasteiger partial charge is 0.391 e. The molecule has 0 heterocycles. The zero-order valence-corrected chi connectivity index (χ0v) is 43.0. The Kier molecular flexibility index (Phi) is 44.5. The lowest BCUT2D eigenvalue weighted by Gasteiger charge is -2.26. The van der Waals surface area contributed by atoms with Gasteiger partial charge < -0.3 is 19.8 Å². The second kappa shape index (κ2) is 45.6. The lowest BCUT2D eigenvalue weighted by Crippen LogP contribution is -2.46. The zero-order valence-electron chi connectivity index (χ0n) is 42.1. The number of phosphoric ester groups is 1. The van der Waals surface area contributed by atoms with E-state index in [0.29, 0.717) is 23.9 Å². The van der Waals surface area contributed by atoms with Crippen LogP contribution in [-0.4, -0.2) is 73.4 Å². The summed E-state index contributed by atoms with van der Waals surface area (Å²) in [5.74, 6) is -0.145. The van der Waals surface area contributed by atoms with E-state index in [1.807, 2.05) is 21.1 Å². The standard InChI is InChI=1S/C54H103N2O6P/c1-6-8-10-12-14-16-18-20-22-23-24-25-26-27-28-29-30-31-32-33-34-36-38-40-42-44-46-48-54(58)55-52(51-62-63(59,60)61-50-49-56(3,4)5)53(57)47-45-43-41-39-37-35-21-19-17-15-13-11-9-7-2/h8,10,14,16,20,22,24-25,52-53,57H,6-7,9,11-13,15,17-19,21,23,26-51H2,1-5H3,(H-,55,58,59,60)/p+1/b10-8-,16-14-,22-20-,25-24-. The average Bonchev–Trinajstić information content (AvgIpc) is 3.24. The fourth-order valence-electron chi connectivity index (χ4n) is 7.69. The molecule has 0 aliphatic rings. The number of nitrogens with one attached hydrogen (secondary N) is 1. The summed E-state index contributed by atoms with van der Waals surface area (Å²) in [6.45, 7) is 4.79. The first kappa shape index (κ1) is 61.5. The van der Waals surface area contributed by atoms with Gasteiger partial charge in [-0.1, -0.05) is 229 Å². The van der Waals surface area contributed by atoms with E-state index in [4.69, 9.17) is 9.05 Å². The van der Waals surface area contributed by atoms with Crippen molar-refractivity contribution in [3.8, 4) is 0 Å². The van der Waals surface area contributed by atoms with Gasteiger partial charge in [0.25, 0.3) is 0 Å². The number of aliphatic hydroxyl groups excluding tert-OH is 1. The molecule has 8 nitrogen and oxygen atoms in total. The van der Waals surface area contributed by atoms with Crippen molar-refractivity contribution in [1.82, 2.24) is 5.32 Å². The highest BCUT2D eigenvalue weighted by Gasteiger charge is 2.28. The van der Waals surface area contributed by atoms with E-state index in [-0.39, 0.29) is 19.1 Å². The summed E-state index contributed by atoms with van der Waals surface area (Å²) in [4.78, 5) is 23.3. The Balaban J connectivity index is 4.14. The van der Waals surface area contributed by atoms with Gasteiger partial charge in [-0.2, -0.15) is 0 Å². The predicted molar refractivity (Wildman–Crippen MR) is 272 cm³/mol. The summed E-state index contributed by atoms with van der Waals surface area (Å²) in [6, 6.07) is -0.761. The number of phosphoric acid groups is 1. The molecular formula is C54H104N2O6P+. The van der Waals surface area contributed by atoms with Crippen molar-refractivity contribution >= 4 is 13.7 Å². The fraction of sp³-hybridized carbons (Fsp3) is 0.833. The van der Waals surface area contributed by atoms with Crippen LogP contribution >= 0.6 is 7.82 Å². The van der Waals surface area contributed by atoms with Crippen molar-refractivity contribution in [2.45, 2.75) is 251 Å². The summed E-state index contributed by atoms with van der Waals surface area (Å²) in [6.07, 6.45) is 58.7. The molecule has 0 radical (unpaired) electrons. The Morgan fingerprint density at radius 1 is 0.556 bits per heavy atom. The maximum Gasteiger partial charge on any atom is 0.472 e. The Labute approximate surface area is 390 Å². The van der Waals surface area contributed by atoms with Crippen LogP contribution in [0.5, 0.6) is 0 Å². The van der Waals surface area contributed by atoms with E-state index in [2.05, 4.69) is 67.8 Å². The highest BCUT2D eigenvalue weighted by molar-refractivity contribution is 7.47. The molecule has 0 aliphatic heterocycles. The molecular weight excluding hydrogens is 804 g/mol. The Morgan fingerprint density at radius 2 is 0.952 bits per heavy atom. The van der Waals surface area contributed by atoms with Gasteiger partial charge in [0.2, 0.25) is 5.91 Å². The molecule has 9 heteroatoms. The van der Waals surface area contributed by atoms with Crippen molar-refractivity contribution in [2.75, 3.05) is 40.9 Å². The lowest BCUT2D eigenvalue weighted by molar-refractivity contribution is -0.870. The second-order valence-corrected chi connectivity index (χ2v) is 20.7. The molecule has 3 unspecified atom stereocenters. The van der Waals surface area contributed by atoms with Crippen molar-refractivity contribution in [3.05, 3.63) is 48.6 Å². The van der Waals surface area contributed by atoms with Crippen molar-refractivity contribution in [1.29, 1.82) is 0 Å². The fourth-order valence-corrected chi connectivity index (χ4v) is 8.42. The maximum atomic E-state index is 13.0. The minimum Gasteiger partial charge on any atom is -0.391 e. The number of nitrogens with zero attached hydrogens (tertiary/aromatic N) is 1. The first-order chi connectivity index (χ1) is 30.5. The number of carbonyl (C=O) groups excluding carboxylic acids is 1. The van der Waals surface area contributed by atoms with Gasteiger partial charge in [-0.15, -0.1) is 0 Å². The molecule has 0 aromatic carbocycles. The number of likely N-dealkylation sites (N-methyl/N-ethyl adjacent to an activating group) is 1. The number of allylic oxidation sites excluding steroid dienone is 8. The molecule has 370 valence electrons. The van der Waals surface area contributed by atoms with Crippen molar-refractivity contribution < 1.29 is 32.9 Å². The average molecular weight is 908 g/mol. The first-order valence-electron chi connectivity index (χ1n) is 26.5. The van der Waals surface area contributed by atoms with Crippen molar-refractivity contribution in [3.63, 3.8) is 0 Å². The molecule has 0 bridgehead atoms. The van der Waals surface area contributed by atoms with Gasteiger partial charge in [-0.3, -0.25) is 13.8 Å². The summed E-state index contributed by atoms with van der Waals surface area (Å²) in [7, 11) is 1.62. The number of quaternary nitrogens is 1. The number of amides is 1. The zero-order chi connectivity index (χ0) is 46.4. The van der Waals surface area contributed by atoms with Gasteiger partial charge in [0.05, 0.1) is 39.9 Å². The summed E-state index contributed by atoms with van der Waals surface area (Å²) in [5, 5.41) is 14.0. The summed E-state index contributed by atoms with van der Waals surface area (Å²) < 4.78 is 23.7. The van der Waals surface area contributed by atoms with Gasteiger partial charge in [-0.05, 0) is 51.4 Å². The van der Waals surface area contributed by atoms with Crippen LogP contribution in [0.1, 0.15) is 239 Å². The quantitative estimate of drug-likeness (QED) is 0.0243. The third-order valence-corrected chi connectivity index (χ3v) is 12.8. The third kappa shape index (κ3) is 48.2. The Morgan fingerprint density at radius 3 is 1.40 bits per heavy atom. The van der Waals surface area contributed by atoms with Crippen LogP contribution in [0.25, 0.3) is 0 Å². The minimum absolute atomic E-state index is 0.0743. The van der Waals surface area contributed by atoms with Crippen LogP contribution in [0.2, 0.25) is 0 Å². The van der Waals surface area contributed by atoms with E-state index < -0.39 is 20.0 Å². The normalized spacial score (nSPS) is 14.5. The van der Waals surface area contributed by atoms with Crippen LogP contribution in [0.3, 0.4) is 0 Å². The highest BCUT2D eigenvalue weighted by atomic mass is 31.2. The molecule has 0 fully saturated rings. The van der Waals surface area contributed by atoms with Crippen molar-refractivity contribution in [2.24, 2.45) is 0 Å². The topological polar surface area (TPSA) is 105 Å². The number of hydrogen-bond donors (Lipinski definition) is 3. The second-order valence-electron chi connectivity index (χ2n) is 19.2. The third-order valence-electron chi connectivity index (χ3n) is 11.8.